The van der Waals surface area contributed by atoms with Gasteiger partial charge in [0.1, 0.15) is 5.75 Å². The van der Waals surface area contributed by atoms with Gasteiger partial charge in [0, 0.05) is 29.5 Å². The van der Waals surface area contributed by atoms with Crippen molar-refractivity contribution in [1.29, 1.82) is 0 Å². The number of halogens is 1. The number of hydrogen-bond donors (Lipinski definition) is 2. The average Bonchev–Trinajstić information content (AvgIpc) is 2.63. The molecule has 2 N–H and O–H groups in total. The van der Waals surface area contributed by atoms with Gasteiger partial charge in [0.25, 0.3) is 5.91 Å². The summed E-state index contributed by atoms with van der Waals surface area (Å²) >= 11 is 3.33. The lowest BCUT2D eigenvalue weighted by Gasteiger charge is -2.08. The van der Waals surface area contributed by atoms with E-state index in [1.165, 1.54) is 5.56 Å². The zero-order valence-corrected chi connectivity index (χ0v) is 16.3. The second-order valence-electron chi connectivity index (χ2n) is 5.88. The zero-order chi connectivity index (χ0) is 18.8. The quantitative estimate of drug-likeness (QED) is 0.612. The maximum absolute atomic E-state index is 11.9. The summed E-state index contributed by atoms with van der Waals surface area (Å²) in [5.74, 6) is 0.604. The van der Waals surface area contributed by atoms with E-state index in [1.807, 2.05) is 37.3 Å². The molecule has 0 aliphatic rings. The van der Waals surface area contributed by atoms with Gasteiger partial charge in [-0.15, -0.1) is 0 Å². The Balaban J connectivity index is 1.54. The standard InChI is InChI=1S/C20H23BrN2O3/c1-15-7-9-18(10-8-15)26-13-3-6-19(24)22-11-12-23-20(25)16-4-2-5-17(21)14-16/h2,4-5,7-10,14H,3,6,11-13H2,1H3,(H,22,24)(H,23,25). The fraction of sp³-hybridized carbons (Fsp3) is 0.300. The van der Waals surface area contributed by atoms with E-state index >= 15 is 0 Å². The van der Waals surface area contributed by atoms with Crippen molar-refractivity contribution >= 4 is 27.7 Å². The SMILES string of the molecule is Cc1ccc(OCCCC(=O)NCCNC(=O)c2cccc(Br)c2)cc1. The largest absolute Gasteiger partial charge is 0.494 e. The van der Waals surface area contributed by atoms with Crippen LogP contribution in [0.4, 0.5) is 0 Å². The molecule has 0 saturated heterocycles. The molecule has 0 spiro atoms. The minimum Gasteiger partial charge on any atom is -0.494 e. The molecule has 0 bridgehead atoms. The second-order valence-corrected chi connectivity index (χ2v) is 6.80. The first kappa shape index (κ1) is 20.0. The van der Waals surface area contributed by atoms with Gasteiger partial charge in [-0.3, -0.25) is 9.59 Å². The predicted molar refractivity (Wildman–Crippen MR) is 105 cm³/mol. The van der Waals surface area contributed by atoms with Crippen LogP contribution in [-0.2, 0) is 4.79 Å². The number of carbonyl (C=O) groups excluding carboxylic acids is 2. The Hall–Kier alpha value is -2.34. The number of ether oxygens (including phenoxy) is 1. The van der Waals surface area contributed by atoms with Crippen molar-refractivity contribution in [2.75, 3.05) is 19.7 Å². The van der Waals surface area contributed by atoms with Crippen LogP contribution >= 0.6 is 15.9 Å². The Bertz CT molecular complexity index is 732. The Labute approximate surface area is 162 Å². The number of nitrogens with one attached hydrogen (secondary N) is 2. The Morgan fingerprint density at radius 2 is 1.77 bits per heavy atom. The van der Waals surface area contributed by atoms with Gasteiger partial charge < -0.3 is 15.4 Å². The van der Waals surface area contributed by atoms with E-state index in [2.05, 4.69) is 26.6 Å². The molecule has 5 nitrogen and oxygen atoms in total. The topological polar surface area (TPSA) is 67.4 Å². The number of amides is 2. The first-order valence-corrected chi connectivity index (χ1v) is 9.34. The lowest BCUT2D eigenvalue weighted by molar-refractivity contribution is -0.121. The molecule has 0 unspecified atom stereocenters. The molecule has 2 aromatic carbocycles. The first-order valence-electron chi connectivity index (χ1n) is 8.54. The third-order valence-corrected chi connectivity index (χ3v) is 4.15. The molecule has 0 heterocycles. The fourth-order valence-corrected chi connectivity index (χ4v) is 2.65. The van der Waals surface area contributed by atoms with Crippen LogP contribution in [0.3, 0.4) is 0 Å². The molecule has 138 valence electrons. The third kappa shape index (κ3) is 7.27. The summed E-state index contributed by atoms with van der Waals surface area (Å²) in [6.45, 7) is 3.31. The predicted octanol–water partition coefficient (Wildman–Crippen LogP) is 3.46. The zero-order valence-electron chi connectivity index (χ0n) is 14.8. The molecule has 0 atom stereocenters. The van der Waals surface area contributed by atoms with Gasteiger partial charge in [-0.1, -0.05) is 39.7 Å². The lowest BCUT2D eigenvalue weighted by Crippen LogP contribution is -2.34. The molecule has 0 saturated carbocycles. The van der Waals surface area contributed by atoms with Gasteiger partial charge >= 0.3 is 0 Å². The normalized spacial score (nSPS) is 10.2. The number of aryl methyl sites for hydroxylation is 1. The van der Waals surface area contributed by atoms with Crippen molar-refractivity contribution < 1.29 is 14.3 Å². The molecule has 2 aromatic rings. The summed E-state index contributed by atoms with van der Waals surface area (Å²) < 4.78 is 6.44. The molecule has 26 heavy (non-hydrogen) atoms. The molecule has 0 aliphatic heterocycles. The summed E-state index contributed by atoms with van der Waals surface area (Å²) in [7, 11) is 0. The summed E-state index contributed by atoms with van der Waals surface area (Å²) in [5.41, 5.74) is 1.77. The van der Waals surface area contributed by atoms with Crippen LogP contribution in [0.5, 0.6) is 5.75 Å². The van der Waals surface area contributed by atoms with Gasteiger partial charge in [0.2, 0.25) is 5.91 Å². The molecular formula is C20H23BrN2O3. The van der Waals surface area contributed by atoms with Crippen LogP contribution in [0.15, 0.2) is 53.0 Å². The van der Waals surface area contributed by atoms with Crippen LogP contribution in [-0.4, -0.2) is 31.5 Å². The van der Waals surface area contributed by atoms with Crippen molar-refractivity contribution in [2.24, 2.45) is 0 Å². The third-order valence-electron chi connectivity index (χ3n) is 3.66. The molecule has 0 radical (unpaired) electrons. The number of benzene rings is 2. The molecule has 6 heteroatoms. The van der Waals surface area contributed by atoms with Crippen molar-refractivity contribution in [3.63, 3.8) is 0 Å². The van der Waals surface area contributed by atoms with Crippen LogP contribution in [0.25, 0.3) is 0 Å². The maximum Gasteiger partial charge on any atom is 0.251 e. The maximum atomic E-state index is 11.9. The summed E-state index contributed by atoms with van der Waals surface area (Å²) in [5, 5.41) is 5.56. The van der Waals surface area contributed by atoms with Crippen LogP contribution in [0, 0.1) is 6.92 Å². The van der Waals surface area contributed by atoms with Crippen molar-refractivity contribution in [3.8, 4) is 5.75 Å². The monoisotopic (exact) mass is 418 g/mol. The highest BCUT2D eigenvalue weighted by atomic mass is 79.9. The number of hydrogen-bond acceptors (Lipinski definition) is 3. The van der Waals surface area contributed by atoms with Gasteiger partial charge in [-0.2, -0.15) is 0 Å². The Morgan fingerprint density at radius 3 is 2.50 bits per heavy atom. The van der Waals surface area contributed by atoms with Gasteiger partial charge in [0.05, 0.1) is 6.61 Å². The average molecular weight is 419 g/mol. The minimum atomic E-state index is -0.160. The number of carbonyl (C=O) groups is 2. The van der Waals surface area contributed by atoms with Crippen LogP contribution < -0.4 is 15.4 Å². The highest BCUT2D eigenvalue weighted by molar-refractivity contribution is 9.10. The molecule has 2 rings (SSSR count). The van der Waals surface area contributed by atoms with E-state index < -0.39 is 0 Å². The molecule has 0 fully saturated rings. The summed E-state index contributed by atoms with van der Waals surface area (Å²) in [6, 6.07) is 15.0. The van der Waals surface area contributed by atoms with E-state index in [0.717, 1.165) is 10.2 Å². The van der Waals surface area contributed by atoms with Crippen LogP contribution in [0.2, 0.25) is 0 Å². The van der Waals surface area contributed by atoms with Crippen molar-refractivity contribution in [2.45, 2.75) is 19.8 Å². The Kier molecular flexibility index (Phi) is 8.15. The smallest absolute Gasteiger partial charge is 0.251 e. The van der Waals surface area contributed by atoms with E-state index in [1.54, 1.807) is 18.2 Å². The van der Waals surface area contributed by atoms with Crippen molar-refractivity contribution in [3.05, 3.63) is 64.1 Å². The molecule has 0 aromatic heterocycles. The molecule has 0 aliphatic carbocycles. The Morgan fingerprint density at radius 1 is 1.04 bits per heavy atom. The van der Waals surface area contributed by atoms with E-state index in [-0.39, 0.29) is 11.8 Å². The van der Waals surface area contributed by atoms with E-state index in [9.17, 15) is 9.59 Å². The van der Waals surface area contributed by atoms with E-state index in [0.29, 0.717) is 38.1 Å². The van der Waals surface area contributed by atoms with Crippen molar-refractivity contribution in [1.82, 2.24) is 10.6 Å². The lowest BCUT2D eigenvalue weighted by atomic mass is 10.2. The van der Waals surface area contributed by atoms with Gasteiger partial charge in [-0.25, -0.2) is 0 Å². The highest BCUT2D eigenvalue weighted by Gasteiger charge is 2.05. The minimum absolute atomic E-state index is 0.0470. The summed E-state index contributed by atoms with van der Waals surface area (Å²) in [6.07, 6.45) is 1.04. The first-order chi connectivity index (χ1) is 12.5. The highest BCUT2D eigenvalue weighted by Crippen LogP contribution is 2.12. The second kappa shape index (κ2) is 10.6. The molecular weight excluding hydrogens is 396 g/mol. The van der Waals surface area contributed by atoms with Crippen LogP contribution in [0.1, 0.15) is 28.8 Å². The fourth-order valence-electron chi connectivity index (χ4n) is 2.26. The molecule has 2 amide bonds. The van der Waals surface area contributed by atoms with Gasteiger partial charge in [0.15, 0.2) is 0 Å². The summed E-state index contributed by atoms with van der Waals surface area (Å²) in [4.78, 5) is 23.7. The number of rotatable bonds is 9. The van der Waals surface area contributed by atoms with E-state index in [4.69, 9.17) is 4.74 Å². The van der Waals surface area contributed by atoms with Gasteiger partial charge in [-0.05, 0) is 43.7 Å².